The van der Waals surface area contributed by atoms with Gasteiger partial charge in [0.15, 0.2) is 0 Å². The summed E-state index contributed by atoms with van der Waals surface area (Å²) >= 11 is 0. The van der Waals surface area contributed by atoms with Crippen LogP contribution >= 0.6 is 0 Å². The number of morpholine rings is 1. The fourth-order valence-electron chi connectivity index (χ4n) is 2.09. The standard InChI is InChI=1S/C12H20N2O2/c1-2-11-9-15-4-3-14(11)7-12-5-10(6-13)8-16-12/h5,8,11H,2-4,6-7,9,13H2,1H3. The van der Waals surface area contributed by atoms with E-state index in [4.69, 9.17) is 14.9 Å². The minimum absolute atomic E-state index is 0.514. The maximum Gasteiger partial charge on any atom is 0.118 e. The fraction of sp³-hybridized carbons (Fsp3) is 0.667. The van der Waals surface area contributed by atoms with Crippen LogP contribution in [0.5, 0.6) is 0 Å². The molecule has 90 valence electrons. The van der Waals surface area contributed by atoms with E-state index in [-0.39, 0.29) is 0 Å². The molecule has 2 heterocycles. The van der Waals surface area contributed by atoms with Crippen molar-refractivity contribution in [2.75, 3.05) is 19.8 Å². The first-order chi connectivity index (χ1) is 7.83. The van der Waals surface area contributed by atoms with Gasteiger partial charge in [-0.2, -0.15) is 0 Å². The van der Waals surface area contributed by atoms with Crippen LogP contribution in [0.2, 0.25) is 0 Å². The third-order valence-electron chi connectivity index (χ3n) is 3.12. The van der Waals surface area contributed by atoms with Gasteiger partial charge < -0.3 is 14.9 Å². The molecule has 0 radical (unpaired) electrons. The molecule has 0 saturated carbocycles. The van der Waals surface area contributed by atoms with Crippen LogP contribution in [-0.2, 0) is 17.8 Å². The first-order valence-corrected chi connectivity index (χ1v) is 5.91. The molecule has 0 amide bonds. The van der Waals surface area contributed by atoms with Crippen molar-refractivity contribution >= 4 is 0 Å². The molecule has 1 aromatic heterocycles. The fourth-order valence-corrected chi connectivity index (χ4v) is 2.09. The number of hydrogen-bond acceptors (Lipinski definition) is 4. The Morgan fingerprint density at radius 1 is 1.56 bits per heavy atom. The van der Waals surface area contributed by atoms with Crippen LogP contribution in [0.15, 0.2) is 16.7 Å². The Balaban J connectivity index is 1.96. The Kier molecular flexibility index (Phi) is 3.98. The van der Waals surface area contributed by atoms with Crippen molar-refractivity contribution < 1.29 is 9.15 Å². The summed E-state index contributed by atoms with van der Waals surface area (Å²) in [7, 11) is 0. The molecule has 1 fully saturated rings. The van der Waals surface area contributed by atoms with Crippen LogP contribution in [0.1, 0.15) is 24.7 Å². The zero-order valence-electron chi connectivity index (χ0n) is 9.82. The number of nitrogens with zero attached hydrogens (tertiary/aromatic N) is 1. The summed E-state index contributed by atoms with van der Waals surface area (Å²) in [5.74, 6) is 1.00. The van der Waals surface area contributed by atoms with Crippen molar-refractivity contribution in [3.8, 4) is 0 Å². The lowest BCUT2D eigenvalue weighted by molar-refractivity contribution is -0.0153. The summed E-state index contributed by atoms with van der Waals surface area (Å²) in [6.07, 6.45) is 2.86. The van der Waals surface area contributed by atoms with Gasteiger partial charge in [-0.05, 0) is 12.5 Å². The lowest BCUT2D eigenvalue weighted by atomic mass is 10.1. The largest absolute Gasteiger partial charge is 0.468 e. The van der Waals surface area contributed by atoms with Gasteiger partial charge in [0.25, 0.3) is 0 Å². The van der Waals surface area contributed by atoms with E-state index in [0.29, 0.717) is 12.6 Å². The summed E-state index contributed by atoms with van der Waals surface area (Å²) < 4.78 is 11.0. The highest BCUT2D eigenvalue weighted by atomic mass is 16.5. The van der Waals surface area contributed by atoms with Gasteiger partial charge in [-0.3, -0.25) is 4.90 Å². The van der Waals surface area contributed by atoms with Gasteiger partial charge in [0.2, 0.25) is 0 Å². The van der Waals surface area contributed by atoms with E-state index in [1.807, 2.05) is 6.07 Å². The minimum atomic E-state index is 0.514. The molecule has 0 aliphatic carbocycles. The molecule has 1 aromatic rings. The van der Waals surface area contributed by atoms with E-state index in [2.05, 4.69) is 11.8 Å². The highest BCUT2D eigenvalue weighted by Gasteiger charge is 2.22. The third-order valence-corrected chi connectivity index (χ3v) is 3.12. The van der Waals surface area contributed by atoms with Gasteiger partial charge in [0.05, 0.1) is 26.0 Å². The highest BCUT2D eigenvalue weighted by Crippen LogP contribution is 2.16. The Hall–Kier alpha value is -0.840. The van der Waals surface area contributed by atoms with Gasteiger partial charge in [-0.15, -0.1) is 0 Å². The predicted molar refractivity (Wildman–Crippen MR) is 61.9 cm³/mol. The number of furan rings is 1. The molecule has 0 aromatic carbocycles. The second-order valence-corrected chi connectivity index (χ2v) is 4.23. The van der Waals surface area contributed by atoms with Crippen molar-refractivity contribution in [1.82, 2.24) is 4.90 Å². The van der Waals surface area contributed by atoms with Gasteiger partial charge >= 0.3 is 0 Å². The SMILES string of the molecule is CCC1COCCN1Cc1cc(CN)co1. The van der Waals surface area contributed by atoms with Gasteiger partial charge in [0.1, 0.15) is 5.76 Å². The summed E-state index contributed by atoms with van der Waals surface area (Å²) in [6, 6.07) is 2.56. The van der Waals surface area contributed by atoms with Crippen molar-refractivity contribution in [3.05, 3.63) is 23.7 Å². The monoisotopic (exact) mass is 224 g/mol. The second kappa shape index (κ2) is 5.48. The van der Waals surface area contributed by atoms with Crippen molar-refractivity contribution in [1.29, 1.82) is 0 Å². The van der Waals surface area contributed by atoms with E-state index in [1.165, 1.54) is 0 Å². The molecule has 2 rings (SSSR count). The molecule has 0 spiro atoms. The van der Waals surface area contributed by atoms with Gasteiger partial charge in [-0.25, -0.2) is 0 Å². The molecule has 0 bridgehead atoms. The van der Waals surface area contributed by atoms with Crippen molar-refractivity contribution in [2.45, 2.75) is 32.5 Å². The van der Waals surface area contributed by atoms with E-state index < -0.39 is 0 Å². The molecule has 4 nitrogen and oxygen atoms in total. The Labute approximate surface area is 96.4 Å². The molecule has 4 heteroatoms. The van der Waals surface area contributed by atoms with Crippen LogP contribution in [0, 0.1) is 0 Å². The second-order valence-electron chi connectivity index (χ2n) is 4.23. The smallest absolute Gasteiger partial charge is 0.118 e. The van der Waals surface area contributed by atoms with E-state index >= 15 is 0 Å². The molecule has 2 N–H and O–H groups in total. The molecule has 1 aliphatic rings. The molecule has 16 heavy (non-hydrogen) atoms. The van der Waals surface area contributed by atoms with Gasteiger partial charge in [-0.1, -0.05) is 6.92 Å². The van der Waals surface area contributed by atoms with E-state index in [0.717, 1.165) is 44.0 Å². The first kappa shape index (κ1) is 11.6. The lowest BCUT2D eigenvalue weighted by Crippen LogP contribution is -2.44. The van der Waals surface area contributed by atoms with Crippen LogP contribution in [0.4, 0.5) is 0 Å². The molecular formula is C12H20N2O2. The summed E-state index contributed by atoms with van der Waals surface area (Å²) in [6.45, 7) is 6.24. The minimum Gasteiger partial charge on any atom is -0.468 e. The van der Waals surface area contributed by atoms with E-state index in [1.54, 1.807) is 6.26 Å². The first-order valence-electron chi connectivity index (χ1n) is 5.91. The van der Waals surface area contributed by atoms with Crippen molar-refractivity contribution in [3.63, 3.8) is 0 Å². The molecule has 1 atom stereocenters. The number of rotatable bonds is 4. The van der Waals surface area contributed by atoms with Crippen molar-refractivity contribution in [2.24, 2.45) is 5.73 Å². The molecule has 1 aliphatic heterocycles. The third kappa shape index (κ3) is 2.64. The summed E-state index contributed by atoms with van der Waals surface area (Å²) in [4.78, 5) is 2.42. The summed E-state index contributed by atoms with van der Waals surface area (Å²) in [5, 5.41) is 0. The molecule has 1 saturated heterocycles. The predicted octanol–water partition coefficient (Wildman–Crippen LogP) is 1.35. The zero-order chi connectivity index (χ0) is 11.4. The normalized spacial score (nSPS) is 22.5. The molecule has 1 unspecified atom stereocenters. The Bertz CT molecular complexity index is 325. The number of hydrogen-bond donors (Lipinski definition) is 1. The maximum absolute atomic E-state index is 5.56. The van der Waals surface area contributed by atoms with Crippen LogP contribution in [0.25, 0.3) is 0 Å². The van der Waals surface area contributed by atoms with Crippen LogP contribution < -0.4 is 5.73 Å². The quantitative estimate of drug-likeness (QED) is 0.838. The van der Waals surface area contributed by atoms with Gasteiger partial charge in [0, 0.05) is 24.7 Å². The number of ether oxygens (including phenoxy) is 1. The lowest BCUT2D eigenvalue weighted by Gasteiger charge is -2.34. The number of nitrogens with two attached hydrogens (primary N) is 1. The Morgan fingerprint density at radius 3 is 3.12 bits per heavy atom. The topological polar surface area (TPSA) is 51.6 Å². The van der Waals surface area contributed by atoms with E-state index in [9.17, 15) is 0 Å². The zero-order valence-corrected chi connectivity index (χ0v) is 9.82. The van der Waals surface area contributed by atoms with Crippen LogP contribution in [-0.4, -0.2) is 30.7 Å². The molecular weight excluding hydrogens is 204 g/mol. The average molecular weight is 224 g/mol. The Morgan fingerprint density at radius 2 is 2.44 bits per heavy atom. The highest BCUT2D eigenvalue weighted by molar-refractivity contribution is 5.12. The average Bonchev–Trinajstić information content (AvgIpc) is 2.77. The maximum atomic E-state index is 5.56. The summed E-state index contributed by atoms with van der Waals surface area (Å²) in [5.41, 5.74) is 6.62. The van der Waals surface area contributed by atoms with Crippen LogP contribution in [0.3, 0.4) is 0 Å².